The second-order valence-corrected chi connectivity index (χ2v) is 8.45. The van der Waals surface area contributed by atoms with Gasteiger partial charge in [0.05, 0.1) is 18.7 Å². The lowest BCUT2D eigenvalue weighted by Gasteiger charge is -2.38. The first-order valence-electron chi connectivity index (χ1n) is 9.77. The molecule has 0 saturated heterocycles. The van der Waals surface area contributed by atoms with E-state index in [1.807, 2.05) is 64.1 Å². The summed E-state index contributed by atoms with van der Waals surface area (Å²) in [5, 5.41) is 0. The molecule has 2 N–H and O–H groups in total. The number of nitrogens with zero attached hydrogens (tertiary/aromatic N) is 1. The van der Waals surface area contributed by atoms with E-state index in [1.165, 1.54) is 5.56 Å². The van der Waals surface area contributed by atoms with Crippen LogP contribution in [0.5, 0.6) is 5.75 Å². The van der Waals surface area contributed by atoms with Crippen molar-refractivity contribution in [3.05, 3.63) is 59.7 Å². The highest BCUT2D eigenvalue weighted by Crippen LogP contribution is 2.36. The minimum Gasteiger partial charge on any atom is -0.485 e. The number of nitrogens with two attached hydrogens (primary N) is 1. The van der Waals surface area contributed by atoms with Crippen LogP contribution in [-0.2, 0) is 22.5 Å². The first-order chi connectivity index (χ1) is 13.2. The lowest BCUT2D eigenvalue weighted by molar-refractivity contribution is -0.153. The Morgan fingerprint density at radius 2 is 1.93 bits per heavy atom. The van der Waals surface area contributed by atoms with Crippen molar-refractivity contribution in [3.8, 4) is 5.75 Å². The van der Waals surface area contributed by atoms with E-state index in [9.17, 15) is 4.79 Å². The van der Waals surface area contributed by atoms with Gasteiger partial charge in [-0.1, -0.05) is 36.4 Å². The van der Waals surface area contributed by atoms with Crippen LogP contribution in [0.3, 0.4) is 0 Å². The van der Waals surface area contributed by atoms with Crippen molar-refractivity contribution in [3.63, 3.8) is 0 Å². The number of hydrogen-bond acceptors (Lipinski definition) is 5. The van der Waals surface area contributed by atoms with E-state index < -0.39 is 5.60 Å². The van der Waals surface area contributed by atoms with E-state index in [-0.39, 0.29) is 24.5 Å². The summed E-state index contributed by atoms with van der Waals surface area (Å²) in [5.74, 6) is 0.574. The van der Waals surface area contributed by atoms with Gasteiger partial charge in [0.1, 0.15) is 17.5 Å². The first-order valence-corrected chi connectivity index (χ1v) is 9.77. The van der Waals surface area contributed by atoms with Crippen molar-refractivity contribution in [1.82, 2.24) is 0 Å². The first kappa shape index (κ1) is 20.2. The third-order valence-electron chi connectivity index (χ3n) is 4.61. The molecule has 2 atom stereocenters. The molecular formula is C23H30N2O3. The predicted octanol–water partition coefficient (Wildman–Crippen LogP) is 3.69. The van der Waals surface area contributed by atoms with Gasteiger partial charge in [-0.2, -0.15) is 0 Å². The normalized spacial score (nSPS) is 17.5. The highest BCUT2D eigenvalue weighted by molar-refractivity contribution is 5.74. The Bertz CT molecular complexity index is 812. The van der Waals surface area contributed by atoms with Gasteiger partial charge in [0, 0.05) is 12.6 Å². The van der Waals surface area contributed by atoms with Crippen molar-refractivity contribution in [1.29, 1.82) is 0 Å². The zero-order chi connectivity index (χ0) is 20.3. The van der Waals surface area contributed by atoms with Crippen molar-refractivity contribution >= 4 is 11.7 Å². The largest absolute Gasteiger partial charge is 0.485 e. The summed E-state index contributed by atoms with van der Waals surface area (Å²) >= 11 is 0. The molecule has 0 spiro atoms. The average Bonchev–Trinajstić information content (AvgIpc) is 2.61. The molecule has 3 rings (SSSR count). The zero-order valence-electron chi connectivity index (χ0n) is 17.1. The number of fused-ring (bicyclic) bond motifs is 1. The molecule has 1 aliphatic rings. The standard InChI is InChI=1S/C23H30N2O3/c1-16(24)21-15-25(14-17-8-6-5-7-9-17)19-12-18(10-11-20(19)27-21)13-22(26)28-23(2,3)4/h5-12,16,21H,13-15,24H2,1-4H3/t16-,21-/m1/s1. The molecular weight excluding hydrogens is 352 g/mol. The molecule has 1 aliphatic heterocycles. The average molecular weight is 383 g/mol. The third-order valence-corrected chi connectivity index (χ3v) is 4.61. The van der Waals surface area contributed by atoms with Crippen LogP contribution in [0.25, 0.3) is 0 Å². The number of anilines is 1. The molecule has 0 fully saturated rings. The van der Waals surface area contributed by atoms with Gasteiger partial charge < -0.3 is 20.1 Å². The van der Waals surface area contributed by atoms with Gasteiger partial charge in [-0.15, -0.1) is 0 Å². The zero-order valence-corrected chi connectivity index (χ0v) is 17.1. The van der Waals surface area contributed by atoms with Crippen molar-refractivity contribution in [2.75, 3.05) is 11.4 Å². The van der Waals surface area contributed by atoms with Crippen LogP contribution in [-0.4, -0.2) is 30.3 Å². The maximum Gasteiger partial charge on any atom is 0.310 e. The van der Waals surface area contributed by atoms with E-state index in [1.54, 1.807) is 0 Å². The molecule has 5 nitrogen and oxygen atoms in total. The fourth-order valence-electron chi connectivity index (χ4n) is 3.31. The van der Waals surface area contributed by atoms with Gasteiger partial charge >= 0.3 is 5.97 Å². The highest BCUT2D eigenvalue weighted by atomic mass is 16.6. The summed E-state index contributed by atoms with van der Waals surface area (Å²) in [6, 6.07) is 16.1. The van der Waals surface area contributed by atoms with Gasteiger partial charge in [0.2, 0.25) is 0 Å². The second kappa shape index (κ2) is 8.23. The monoisotopic (exact) mass is 382 g/mol. The van der Waals surface area contributed by atoms with Crippen molar-refractivity contribution in [2.45, 2.75) is 58.4 Å². The van der Waals surface area contributed by atoms with Gasteiger partial charge in [0.25, 0.3) is 0 Å². The molecule has 2 aromatic carbocycles. The Morgan fingerprint density at radius 1 is 1.21 bits per heavy atom. The number of benzene rings is 2. The summed E-state index contributed by atoms with van der Waals surface area (Å²) in [7, 11) is 0. The Labute approximate surface area is 167 Å². The van der Waals surface area contributed by atoms with Gasteiger partial charge in [0.15, 0.2) is 0 Å². The quantitative estimate of drug-likeness (QED) is 0.799. The number of carbonyl (C=O) groups is 1. The number of ether oxygens (including phenoxy) is 2. The Hall–Kier alpha value is -2.53. The molecule has 5 heteroatoms. The van der Waals surface area contributed by atoms with E-state index in [2.05, 4.69) is 17.0 Å². The van der Waals surface area contributed by atoms with E-state index in [4.69, 9.17) is 15.2 Å². The van der Waals surface area contributed by atoms with E-state index in [0.717, 1.165) is 23.5 Å². The van der Waals surface area contributed by atoms with Gasteiger partial charge in [-0.05, 0) is 51.0 Å². The summed E-state index contributed by atoms with van der Waals surface area (Å²) in [5.41, 5.74) is 8.75. The second-order valence-electron chi connectivity index (χ2n) is 8.45. The smallest absolute Gasteiger partial charge is 0.310 e. The minimum absolute atomic E-state index is 0.0760. The summed E-state index contributed by atoms with van der Waals surface area (Å²) in [4.78, 5) is 14.5. The SMILES string of the molecule is C[C@@H](N)[C@H]1CN(Cc2ccccc2)c2cc(CC(=O)OC(C)(C)C)ccc2O1. The van der Waals surface area contributed by atoms with Crippen LogP contribution in [0, 0.1) is 0 Å². The van der Waals surface area contributed by atoms with E-state index >= 15 is 0 Å². The molecule has 0 amide bonds. The summed E-state index contributed by atoms with van der Waals surface area (Å²) < 4.78 is 11.6. The maximum atomic E-state index is 12.2. The fraction of sp³-hybridized carbons (Fsp3) is 0.435. The van der Waals surface area contributed by atoms with Crippen LogP contribution < -0.4 is 15.4 Å². The van der Waals surface area contributed by atoms with Crippen LogP contribution in [0.1, 0.15) is 38.8 Å². The number of esters is 1. The highest BCUT2D eigenvalue weighted by Gasteiger charge is 2.29. The van der Waals surface area contributed by atoms with Crippen LogP contribution in [0.2, 0.25) is 0 Å². The predicted molar refractivity (Wildman–Crippen MR) is 112 cm³/mol. The third kappa shape index (κ3) is 5.26. The molecule has 150 valence electrons. The number of rotatable bonds is 5. The maximum absolute atomic E-state index is 12.2. The Kier molecular flexibility index (Phi) is 5.94. The lowest BCUT2D eigenvalue weighted by atomic mass is 10.0. The van der Waals surface area contributed by atoms with Gasteiger partial charge in [-0.25, -0.2) is 0 Å². The molecule has 0 aliphatic carbocycles. The minimum atomic E-state index is -0.488. The number of hydrogen-bond donors (Lipinski definition) is 1. The Balaban J connectivity index is 1.85. The summed E-state index contributed by atoms with van der Waals surface area (Å²) in [6.45, 7) is 9.06. The molecule has 0 saturated carbocycles. The molecule has 28 heavy (non-hydrogen) atoms. The van der Waals surface area contributed by atoms with Crippen molar-refractivity contribution in [2.24, 2.45) is 5.73 Å². The molecule has 0 aromatic heterocycles. The van der Waals surface area contributed by atoms with Crippen LogP contribution in [0.4, 0.5) is 5.69 Å². The number of carbonyl (C=O) groups excluding carboxylic acids is 1. The fourth-order valence-corrected chi connectivity index (χ4v) is 3.31. The van der Waals surface area contributed by atoms with Crippen LogP contribution in [0.15, 0.2) is 48.5 Å². The molecule has 0 radical (unpaired) electrons. The van der Waals surface area contributed by atoms with E-state index in [0.29, 0.717) is 6.54 Å². The molecule has 1 heterocycles. The molecule has 2 aromatic rings. The van der Waals surface area contributed by atoms with Gasteiger partial charge in [-0.3, -0.25) is 4.79 Å². The molecule has 0 unspecified atom stereocenters. The molecule has 0 bridgehead atoms. The summed E-state index contributed by atoms with van der Waals surface area (Å²) in [6.07, 6.45) is 0.161. The lowest BCUT2D eigenvalue weighted by Crippen LogP contribution is -2.48. The topological polar surface area (TPSA) is 64.8 Å². The van der Waals surface area contributed by atoms with Crippen LogP contribution >= 0.6 is 0 Å². The van der Waals surface area contributed by atoms with Crippen molar-refractivity contribution < 1.29 is 14.3 Å². The Morgan fingerprint density at radius 3 is 2.57 bits per heavy atom.